The number of aliphatic hydroxyl groups is 2. The molecule has 1 aliphatic heterocycles. The highest BCUT2D eigenvalue weighted by atomic mass is 35.5. The summed E-state index contributed by atoms with van der Waals surface area (Å²) in [6, 6.07) is 15.2. The van der Waals surface area contributed by atoms with Crippen LogP contribution in [0.1, 0.15) is 23.8 Å². The van der Waals surface area contributed by atoms with E-state index in [1.165, 1.54) is 0 Å². The second-order valence-electron chi connectivity index (χ2n) is 7.31. The molecular weight excluding hydrogens is 364 g/mol. The number of H-pyrrole nitrogens is 1. The standard InChI is InChI=1S/C21H21ClN2O3/c1-21(27)9-10-24(12-17(21)25)20(26)19-18(13-5-3-2-4-6-13)15-11-14(22)7-8-16(15)23-19/h2-8,11,17,23,25,27H,9-10,12H2,1H3/t17-,21-/m1/s1. The predicted molar refractivity (Wildman–Crippen MR) is 106 cm³/mol. The molecule has 1 fully saturated rings. The van der Waals surface area contributed by atoms with E-state index in [-0.39, 0.29) is 12.5 Å². The van der Waals surface area contributed by atoms with Gasteiger partial charge in [0.05, 0.1) is 11.7 Å². The zero-order valence-electron chi connectivity index (χ0n) is 14.9. The van der Waals surface area contributed by atoms with Gasteiger partial charge in [-0.05, 0) is 37.1 Å². The molecule has 3 N–H and O–H groups in total. The van der Waals surface area contributed by atoms with Gasteiger partial charge in [0.15, 0.2) is 0 Å². The minimum absolute atomic E-state index is 0.0934. The molecule has 0 bridgehead atoms. The zero-order chi connectivity index (χ0) is 19.2. The third-order valence-corrected chi connectivity index (χ3v) is 5.56. The van der Waals surface area contributed by atoms with Gasteiger partial charge >= 0.3 is 0 Å². The van der Waals surface area contributed by atoms with Crippen LogP contribution in [0.4, 0.5) is 0 Å². The van der Waals surface area contributed by atoms with Gasteiger partial charge in [-0.2, -0.15) is 0 Å². The number of fused-ring (bicyclic) bond motifs is 1. The van der Waals surface area contributed by atoms with Crippen molar-refractivity contribution < 1.29 is 15.0 Å². The Balaban J connectivity index is 1.81. The molecule has 0 unspecified atom stereocenters. The van der Waals surface area contributed by atoms with Gasteiger partial charge in [0.1, 0.15) is 5.69 Å². The van der Waals surface area contributed by atoms with Crippen LogP contribution in [0.25, 0.3) is 22.0 Å². The third-order valence-electron chi connectivity index (χ3n) is 5.32. The van der Waals surface area contributed by atoms with Crippen molar-refractivity contribution >= 4 is 28.4 Å². The van der Waals surface area contributed by atoms with Crippen molar-refractivity contribution in [2.45, 2.75) is 25.0 Å². The lowest BCUT2D eigenvalue weighted by molar-refractivity contribution is -0.0999. The van der Waals surface area contributed by atoms with Gasteiger partial charge in [0.2, 0.25) is 0 Å². The van der Waals surface area contributed by atoms with Crippen molar-refractivity contribution in [1.29, 1.82) is 0 Å². The Morgan fingerprint density at radius 2 is 2.00 bits per heavy atom. The van der Waals surface area contributed by atoms with E-state index in [4.69, 9.17) is 11.6 Å². The van der Waals surface area contributed by atoms with E-state index in [1.807, 2.05) is 42.5 Å². The molecule has 1 saturated heterocycles. The van der Waals surface area contributed by atoms with E-state index < -0.39 is 11.7 Å². The van der Waals surface area contributed by atoms with Crippen LogP contribution in [0.2, 0.25) is 5.02 Å². The average Bonchev–Trinajstić information content (AvgIpc) is 3.02. The molecule has 3 aromatic rings. The molecule has 0 spiro atoms. The van der Waals surface area contributed by atoms with Crippen LogP contribution in [0.15, 0.2) is 48.5 Å². The summed E-state index contributed by atoms with van der Waals surface area (Å²) < 4.78 is 0. The van der Waals surface area contributed by atoms with Crippen LogP contribution in [0.5, 0.6) is 0 Å². The van der Waals surface area contributed by atoms with Gasteiger partial charge in [0, 0.05) is 34.6 Å². The van der Waals surface area contributed by atoms with Gasteiger partial charge in [-0.25, -0.2) is 0 Å². The Hall–Kier alpha value is -2.34. The molecule has 27 heavy (non-hydrogen) atoms. The van der Waals surface area contributed by atoms with Crippen molar-refractivity contribution in [3.63, 3.8) is 0 Å². The maximum atomic E-state index is 13.3. The number of carbonyl (C=O) groups is 1. The molecule has 2 aromatic carbocycles. The number of likely N-dealkylation sites (tertiary alicyclic amines) is 1. The number of nitrogens with zero attached hydrogens (tertiary/aromatic N) is 1. The number of piperidine rings is 1. The van der Waals surface area contributed by atoms with Crippen molar-refractivity contribution in [3.8, 4) is 11.1 Å². The van der Waals surface area contributed by atoms with Crippen molar-refractivity contribution in [2.24, 2.45) is 0 Å². The molecule has 1 amide bonds. The Labute approximate surface area is 162 Å². The first-order valence-corrected chi connectivity index (χ1v) is 9.31. The predicted octanol–water partition coefficient (Wildman–Crippen LogP) is 3.45. The first-order chi connectivity index (χ1) is 12.9. The third kappa shape index (κ3) is 3.23. The highest BCUT2D eigenvalue weighted by molar-refractivity contribution is 6.31. The van der Waals surface area contributed by atoms with E-state index in [0.717, 1.165) is 22.0 Å². The SMILES string of the molecule is C[C@@]1(O)CCN(C(=O)c2[nH]c3ccc(Cl)cc3c2-c2ccccc2)C[C@H]1O. The fourth-order valence-electron chi connectivity index (χ4n) is 3.60. The normalized spacial score (nSPS) is 23.0. The Bertz CT molecular complexity index is 997. The molecule has 1 aliphatic rings. The number of benzene rings is 2. The van der Waals surface area contributed by atoms with Crippen LogP contribution < -0.4 is 0 Å². The lowest BCUT2D eigenvalue weighted by Crippen LogP contribution is -2.55. The average molecular weight is 385 g/mol. The monoisotopic (exact) mass is 384 g/mol. The van der Waals surface area contributed by atoms with E-state index in [2.05, 4.69) is 4.98 Å². The molecule has 0 radical (unpaired) electrons. The van der Waals surface area contributed by atoms with Crippen LogP contribution in [-0.2, 0) is 0 Å². The Morgan fingerprint density at radius 3 is 2.70 bits per heavy atom. The minimum Gasteiger partial charge on any atom is -0.388 e. The van der Waals surface area contributed by atoms with Crippen molar-refractivity contribution in [2.75, 3.05) is 13.1 Å². The second-order valence-corrected chi connectivity index (χ2v) is 7.74. The number of amides is 1. The van der Waals surface area contributed by atoms with Crippen LogP contribution >= 0.6 is 11.6 Å². The highest BCUT2D eigenvalue weighted by Gasteiger charge is 2.39. The summed E-state index contributed by atoms with van der Waals surface area (Å²) >= 11 is 6.20. The summed E-state index contributed by atoms with van der Waals surface area (Å²) in [5.74, 6) is -0.198. The molecule has 140 valence electrons. The lowest BCUT2D eigenvalue weighted by atomic mass is 9.90. The summed E-state index contributed by atoms with van der Waals surface area (Å²) in [6.07, 6.45) is -0.652. The number of halogens is 1. The summed E-state index contributed by atoms with van der Waals surface area (Å²) in [4.78, 5) is 18.1. The molecule has 0 aliphatic carbocycles. The van der Waals surface area contributed by atoms with E-state index in [1.54, 1.807) is 17.9 Å². The van der Waals surface area contributed by atoms with Gasteiger partial charge in [-0.15, -0.1) is 0 Å². The quantitative estimate of drug-likeness (QED) is 0.633. The molecule has 5 nitrogen and oxygen atoms in total. The topological polar surface area (TPSA) is 76.6 Å². The number of β-amino-alcohol motifs (C(OH)–C–C–N with tert-alkyl or cyclic N) is 1. The summed E-state index contributed by atoms with van der Waals surface area (Å²) in [7, 11) is 0. The number of carbonyl (C=O) groups excluding carboxylic acids is 1. The van der Waals surface area contributed by atoms with Gasteiger partial charge in [-0.1, -0.05) is 41.9 Å². The molecule has 1 aromatic heterocycles. The molecule has 6 heteroatoms. The van der Waals surface area contributed by atoms with Crippen molar-refractivity contribution in [1.82, 2.24) is 9.88 Å². The maximum absolute atomic E-state index is 13.3. The fourth-order valence-corrected chi connectivity index (χ4v) is 3.77. The second kappa shape index (κ2) is 6.68. The smallest absolute Gasteiger partial charge is 0.271 e. The number of aromatic nitrogens is 1. The maximum Gasteiger partial charge on any atom is 0.271 e. The largest absolute Gasteiger partial charge is 0.388 e. The Kier molecular flexibility index (Phi) is 4.46. The van der Waals surface area contributed by atoms with E-state index >= 15 is 0 Å². The molecule has 2 atom stereocenters. The van der Waals surface area contributed by atoms with Crippen LogP contribution in [0.3, 0.4) is 0 Å². The van der Waals surface area contributed by atoms with Crippen LogP contribution in [-0.4, -0.2) is 50.8 Å². The first kappa shape index (κ1) is 18.0. The summed E-state index contributed by atoms with van der Waals surface area (Å²) in [5.41, 5.74) is 1.83. The van der Waals surface area contributed by atoms with Gasteiger partial charge in [-0.3, -0.25) is 4.79 Å². The molecule has 0 saturated carbocycles. The van der Waals surface area contributed by atoms with Gasteiger partial charge in [0.25, 0.3) is 5.91 Å². The number of hydrogen-bond acceptors (Lipinski definition) is 3. The lowest BCUT2D eigenvalue weighted by Gasteiger charge is -2.39. The van der Waals surface area contributed by atoms with Crippen LogP contribution in [0, 0.1) is 0 Å². The number of hydrogen-bond donors (Lipinski definition) is 3. The van der Waals surface area contributed by atoms with Gasteiger partial charge < -0.3 is 20.1 Å². The van der Waals surface area contributed by atoms with E-state index in [9.17, 15) is 15.0 Å². The Morgan fingerprint density at radius 1 is 1.26 bits per heavy atom. The molecule has 4 rings (SSSR count). The number of aromatic amines is 1. The first-order valence-electron chi connectivity index (χ1n) is 8.93. The molecule has 2 heterocycles. The van der Waals surface area contributed by atoms with E-state index in [0.29, 0.717) is 23.7 Å². The highest BCUT2D eigenvalue weighted by Crippen LogP contribution is 2.35. The number of nitrogens with one attached hydrogen (secondary N) is 1. The fraction of sp³-hybridized carbons (Fsp3) is 0.286. The number of aliphatic hydroxyl groups excluding tert-OH is 1. The minimum atomic E-state index is -1.17. The summed E-state index contributed by atoms with van der Waals surface area (Å²) in [5, 5.41) is 21.8. The number of rotatable bonds is 2. The van der Waals surface area contributed by atoms with Crippen molar-refractivity contribution in [3.05, 3.63) is 59.2 Å². The molecular formula is C21H21ClN2O3. The zero-order valence-corrected chi connectivity index (χ0v) is 15.7. The summed E-state index contributed by atoms with van der Waals surface area (Å²) in [6.45, 7) is 2.07.